The quantitative estimate of drug-likeness (QED) is 0.568. The minimum atomic E-state index is -3.72. The number of carboxylic acid groups (broad SMARTS) is 1. The fourth-order valence-electron chi connectivity index (χ4n) is 2.25. The number of hydrogen-bond acceptors (Lipinski definition) is 4. The maximum absolute atomic E-state index is 12.3. The molecule has 0 unspecified atom stereocenters. The summed E-state index contributed by atoms with van der Waals surface area (Å²) in [5.74, 6) is -1.15. The molecule has 0 saturated carbocycles. The Labute approximate surface area is 138 Å². The fraction of sp³-hybridized carbons (Fsp3) is 0.562. The summed E-state index contributed by atoms with van der Waals surface area (Å²) in [5, 5.41) is 12.4. The number of sulfonamides is 1. The smallest absolute Gasteiger partial charge is 0.337 e. The molecule has 1 aromatic carbocycles. The van der Waals surface area contributed by atoms with E-state index in [0.29, 0.717) is 12.2 Å². The van der Waals surface area contributed by atoms with Crippen molar-refractivity contribution < 1.29 is 18.3 Å². The monoisotopic (exact) mass is 342 g/mol. The Morgan fingerprint density at radius 1 is 1.26 bits per heavy atom. The van der Waals surface area contributed by atoms with Crippen LogP contribution in [0.5, 0.6) is 0 Å². The van der Waals surface area contributed by atoms with Crippen molar-refractivity contribution in [2.75, 3.05) is 11.9 Å². The van der Waals surface area contributed by atoms with Crippen molar-refractivity contribution in [3.05, 3.63) is 23.8 Å². The molecule has 0 aliphatic rings. The first-order chi connectivity index (χ1) is 10.8. The highest BCUT2D eigenvalue weighted by atomic mass is 32.2. The zero-order chi connectivity index (χ0) is 17.5. The SMILES string of the molecule is CCCCNc1ccc(S(=O)(=O)N[C@H](C)CCC)cc1C(=O)O. The van der Waals surface area contributed by atoms with E-state index in [1.165, 1.54) is 18.2 Å². The van der Waals surface area contributed by atoms with Gasteiger partial charge in [-0.3, -0.25) is 0 Å². The largest absolute Gasteiger partial charge is 0.478 e. The molecular formula is C16H26N2O4S. The van der Waals surface area contributed by atoms with Crippen molar-refractivity contribution >= 4 is 21.7 Å². The van der Waals surface area contributed by atoms with E-state index in [1.807, 2.05) is 13.8 Å². The molecule has 0 saturated heterocycles. The minimum Gasteiger partial charge on any atom is -0.478 e. The molecule has 3 N–H and O–H groups in total. The normalized spacial score (nSPS) is 12.8. The molecule has 0 aliphatic heterocycles. The molecule has 0 aromatic heterocycles. The van der Waals surface area contributed by atoms with E-state index in [1.54, 1.807) is 6.92 Å². The van der Waals surface area contributed by atoms with Crippen molar-refractivity contribution in [3.63, 3.8) is 0 Å². The Bertz CT molecular complexity index is 629. The second-order valence-corrected chi connectivity index (χ2v) is 7.32. The molecular weight excluding hydrogens is 316 g/mol. The Morgan fingerprint density at radius 2 is 1.96 bits per heavy atom. The van der Waals surface area contributed by atoms with Crippen LogP contribution in [0, 0.1) is 0 Å². The predicted molar refractivity (Wildman–Crippen MR) is 91.5 cm³/mol. The van der Waals surface area contributed by atoms with E-state index in [4.69, 9.17) is 0 Å². The maximum Gasteiger partial charge on any atom is 0.337 e. The second-order valence-electron chi connectivity index (χ2n) is 5.60. The number of nitrogens with one attached hydrogen (secondary N) is 2. The maximum atomic E-state index is 12.3. The van der Waals surface area contributed by atoms with Crippen molar-refractivity contribution in [1.82, 2.24) is 4.72 Å². The van der Waals surface area contributed by atoms with Gasteiger partial charge in [-0.25, -0.2) is 17.9 Å². The van der Waals surface area contributed by atoms with Gasteiger partial charge in [0.15, 0.2) is 0 Å². The summed E-state index contributed by atoms with van der Waals surface area (Å²) in [6.07, 6.45) is 3.49. The summed E-state index contributed by atoms with van der Waals surface area (Å²) in [6, 6.07) is 3.96. The zero-order valence-corrected chi connectivity index (χ0v) is 14.7. The van der Waals surface area contributed by atoms with Gasteiger partial charge < -0.3 is 10.4 Å². The van der Waals surface area contributed by atoms with Gasteiger partial charge in [0.25, 0.3) is 0 Å². The number of aromatic carboxylic acids is 1. The molecule has 1 rings (SSSR count). The molecule has 0 amide bonds. The highest BCUT2D eigenvalue weighted by molar-refractivity contribution is 7.89. The molecule has 0 spiro atoms. The van der Waals surface area contributed by atoms with Gasteiger partial charge >= 0.3 is 5.97 Å². The summed E-state index contributed by atoms with van der Waals surface area (Å²) in [7, 11) is -3.72. The van der Waals surface area contributed by atoms with E-state index in [9.17, 15) is 18.3 Å². The Morgan fingerprint density at radius 3 is 2.52 bits per heavy atom. The average molecular weight is 342 g/mol. The van der Waals surface area contributed by atoms with Crippen LogP contribution in [0.3, 0.4) is 0 Å². The van der Waals surface area contributed by atoms with Crippen LogP contribution in [0.1, 0.15) is 56.8 Å². The first-order valence-corrected chi connectivity index (χ1v) is 9.43. The van der Waals surface area contributed by atoms with Gasteiger partial charge in [0, 0.05) is 18.3 Å². The summed E-state index contributed by atoms with van der Waals surface area (Å²) >= 11 is 0. The van der Waals surface area contributed by atoms with Crippen LogP contribution >= 0.6 is 0 Å². The Kier molecular flexibility index (Phi) is 7.51. The number of rotatable bonds is 10. The van der Waals surface area contributed by atoms with Crippen LogP contribution < -0.4 is 10.0 Å². The predicted octanol–water partition coefficient (Wildman–Crippen LogP) is 3.06. The summed E-state index contributed by atoms with van der Waals surface area (Å²) in [6.45, 7) is 6.46. The van der Waals surface area contributed by atoms with Crippen LogP contribution in [-0.2, 0) is 10.0 Å². The molecule has 23 heavy (non-hydrogen) atoms. The van der Waals surface area contributed by atoms with Gasteiger partial charge in [0.2, 0.25) is 10.0 Å². The highest BCUT2D eigenvalue weighted by Gasteiger charge is 2.20. The van der Waals surface area contributed by atoms with Crippen molar-refractivity contribution in [3.8, 4) is 0 Å². The molecule has 1 aromatic rings. The first-order valence-electron chi connectivity index (χ1n) is 7.95. The van der Waals surface area contributed by atoms with Crippen molar-refractivity contribution in [2.24, 2.45) is 0 Å². The highest BCUT2D eigenvalue weighted by Crippen LogP contribution is 2.21. The van der Waals surface area contributed by atoms with Gasteiger partial charge in [-0.2, -0.15) is 0 Å². The molecule has 0 radical (unpaired) electrons. The molecule has 0 aliphatic carbocycles. The molecule has 6 nitrogen and oxygen atoms in total. The van der Waals surface area contributed by atoms with E-state index in [2.05, 4.69) is 10.0 Å². The van der Waals surface area contributed by atoms with Crippen molar-refractivity contribution in [1.29, 1.82) is 0 Å². The fourth-order valence-corrected chi connectivity index (χ4v) is 3.55. The third-order valence-electron chi connectivity index (χ3n) is 3.46. The standard InChI is InChI=1S/C16H26N2O4S/c1-4-6-10-17-15-9-8-13(11-14(15)16(19)20)23(21,22)18-12(3)7-5-2/h8-9,11-12,17-18H,4-7,10H2,1-3H3,(H,19,20)/t12-/m1/s1. The molecule has 7 heteroatoms. The van der Waals surface area contributed by atoms with Crippen molar-refractivity contribution in [2.45, 2.75) is 57.4 Å². The van der Waals surface area contributed by atoms with E-state index >= 15 is 0 Å². The lowest BCUT2D eigenvalue weighted by atomic mass is 10.1. The van der Waals surface area contributed by atoms with E-state index in [0.717, 1.165) is 25.7 Å². The first kappa shape index (κ1) is 19.4. The third-order valence-corrected chi connectivity index (χ3v) is 5.04. The zero-order valence-electron chi connectivity index (χ0n) is 13.9. The number of unbranched alkanes of at least 4 members (excludes halogenated alkanes) is 1. The van der Waals surface area contributed by atoms with Gasteiger partial charge in [-0.15, -0.1) is 0 Å². The second kappa shape index (κ2) is 8.88. The number of carbonyl (C=O) groups is 1. The summed E-state index contributed by atoms with van der Waals surface area (Å²) < 4.78 is 27.2. The Hall–Kier alpha value is -1.60. The summed E-state index contributed by atoms with van der Waals surface area (Å²) in [5.41, 5.74) is 0.402. The minimum absolute atomic E-state index is 0.0288. The number of carboxylic acids is 1. The molecule has 0 fully saturated rings. The lowest BCUT2D eigenvalue weighted by Gasteiger charge is -2.15. The van der Waals surface area contributed by atoms with Crippen LogP contribution in [0.25, 0.3) is 0 Å². The van der Waals surface area contributed by atoms with Gasteiger partial charge in [0.05, 0.1) is 10.5 Å². The lowest BCUT2D eigenvalue weighted by Crippen LogP contribution is -2.32. The van der Waals surface area contributed by atoms with E-state index < -0.39 is 16.0 Å². The lowest BCUT2D eigenvalue weighted by molar-refractivity contribution is 0.0697. The molecule has 0 bridgehead atoms. The number of anilines is 1. The average Bonchev–Trinajstić information content (AvgIpc) is 2.47. The third kappa shape index (κ3) is 5.84. The van der Waals surface area contributed by atoms with Crippen LogP contribution in [0.2, 0.25) is 0 Å². The van der Waals surface area contributed by atoms with Crippen LogP contribution in [0.15, 0.2) is 23.1 Å². The van der Waals surface area contributed by atoms with Crippen LogP contribution in [0.4, 0.5) is 5.69 Å². The topological polar surface area (TPSA) is 95.5 Å². The van der Waals surface area contributed by atoms with Gasteiger partial charge in [-0.05, 0) is 38.0 Å². The van der Waals surface area contributed by atoms with Crippen LogP contribution in [-0.4, -0.2) is 32.1 Å². The number of hydrogen-bond donors (Lipinski definition) is 3. The Balaban J connectivity index is 3.04. The molecule has 0 heterocycles. The molecule has 130 valence electrons. The summed E-state index contributed by atoms with van der Waals surface area (Å²) in [4.78, 5) is 11.4. The van der Waals surface area contributed by atoms with E-state index in [-0.39, 0.29) is 16.5 Å². The van der Waals surface area contributed by atoms with Gasteiger partial charge in [-0.1, -0.05) is 26.7 Å². The molecule has 1 atom stereocenters. The number of benzene rings is 1. The van der Waals surface area contributed by atoms with Gasteiger partial charge in [0.1, 0.15) is 0 Å².